The maximum Gasteiger partial charge on any atom is 0.254 e. The van der Waals surface area contributed by atoms with Crippen LogP contribution in [-0.2, 0) is 16.6 Å². The first-order valence-electron chi connectivity index (χ1n) is 14.4. The molecule has 0 radical (unpaired) electrons. The van der Waals surface area contributed by atoms with E-state index in [4.69, 9.17) is 4.98 Å². The van der Waals surface area contributed by atoms with Gasteiger partial charge in [0.2, 0.25) is 5.91 Å². The van der Waals surface area contributed by atoms with E-state index >= 15 is 0 Å². The van der Waals surface area contributed by atoms with Gasteiger partial charge in [-0.1, -0.05) is 61.7 Å². The van der Waals surface area contributed by atoms with Crippen molar-refractivity contribution in [3.05, 3.63) is 108 Å². The number of nitrogens with zero attached hydrogens (tertiary/aromatic N) is 2. The standard InChI is InChI=1S/C34H35N5O2/c1-33(21-25-22-37-28-15-4-3-13-26(25)28,39-31(40)27-14-9-11-24-12-10-20-36-30(24)27)32(41)38-23-34(17-6-2-7-18-34)29-16-5-8-19-35-29/h3-5,8-16,19-20,22,37H,2,6-7,17-18,21,23H2,1H3,(H,38,41)(H,39,40)/t33-/m0/s1. The number of aromatic amines is 1. The van der Waals surface area contributed by atoms with Crippen LogP contribution in [0.1, 0.15) is 60.6 Å². The number of carbonyl (C=O) groups is 2. The van der Waals surface area contributed by atoms with Crippen molar-refractivity contribution in [1.29, 1.82) is 0 Å². The first-order valence-corrected chi connectivity index (χ1v) is 14.4. The molecule has 5 aromatic rings. The van der Waals surface area contributed by atoms with Gasteiger partial charge in [-0.05, 0) is 55.7 Å². The van der Waals surface area contributed by atoms with Crippen LogP contribution >= 0.6 is 0 Å². The molecule has 2 aromatic carbocycles. The van der Waals surface area contributed by atoms with E-state index in [1.54, 1.807) is 12.3 Å². The average Bonchev–Trinajstić information content (AvgIpc) is 3.42. The smallest absolute Gasteiger partial charge is 0.254 e. The second-order valence-corrected chi connectivity index (χ2v) is 11.4. The molecule has 0 saturated heterocycles. The molecule has 6 rings (SSSR count). The third-order valence-corrected chi connectivity index (χ3v) is 8.59. The van der Waals surface area contributed by atoms with E-state index < -0.39 is 5.54 Å². The van der Waals surface area contributed by atoms with Crippen LogP contribution in [0.3, 0.4) is 0 Å². The number of hydrogen-bond donors (Lipinski definition) is 3. The summed E-state index contributed by atoms with van der Waals surface area (Å²) >= 11 is 0. The highest BCUT2D eigenvalue weighted by Gasteiger charge is 2.40. The Hall–Kier alpha value is -4.52. The van der Waals surface area contributed by atoms with Gasteiger partial charge in [0.05, 0.1) is 11.1 Å². The van der Waals surface area contributed by atoms with Crippen molar-refractivity contribution in [2.75, 3.05) is 6.54 Å². The Kier molecular flexibility index (Phi) is 7.26. The molecule has 7 nitrogen and oxygen atoms in total. The zero-order valence-corrected chi connectivity index (χ0v) is 23.3. The fourth-order valence-electron chi connectivity index (χ4n) is 6.32. The van der Waals surface area contributed by atoms with Crippen LogP contribution in [0, 0.1) is 0 Å². The lowest BCUT2D eigenvalue weighted by atomic mass is 9.71. The molecule has 0 bridgehead atoms. The van der Waals surface area contributed by atoms with Gasteiger partial charge in [-0.15, -0.1) is 0 Å². The van der Waals surface area contributed by atoms with Gasteiger partial charge in [-0.25, -0.2) is 0 Å². The number of hydrogen-bond acceptors (Lipinski definition) is 4. The predicted molar refractivity (Wildman–Crippen MR) is 162 cm³/mol. The lowest BCUT2D eigenvalue weighted by molar-refractivity contribution is -0.127. The van der Waals surface area contributed by atoms with Gasteiger partial charge in [-0.2, -0.15) is 0 Å². The minimum atomic E-state index is -1.22. The van der Waals surface area contributed by atoms with Crippen LogP contribution < -0.4 is 10.6 Å². The molecule has 3 N–H and O–H groups in total. The van der Waals surface area contributed by atoms with E-state index in [1.807, 2.05) is 80.0 Å². The molecule has 0 unspecified atom stereocenters. The zero-order valence-electron chi connectivity index (χ0n) is 23.3. The summed E-state index contributed by atoms with van der Waals surface area (Å²) in [5.74, 6) is -0.547. The van der Waals surface area contributed by atoms with Crippen molar-refractivity contribution >= 4 is 33.6 Å². The van der Waals surface area contributed by atoms with E-state index in [2.05, 4.69) is 26.7 Å². The second-order valence-electron chi connectivity index (χ2n) is 11.4. The third-order valence-electron chi connectivity index (χ3n) is 8.59. The van der Waals surface area contributed by atoms with Crippen LogP contribution in [0.25, 0.3) is 21.8 Å². The number of H-pyrrole nitrogens is 1. The molecule has 3 heterocycles. The molecule has 0 spiro atoms. The Morgan fingerprint density at radius 1 is 0.902 bits per heavy atom. The van der Waals surface area contributed by atoms with Crippen molar-refractivity contribution < 1.29 is 9.59 Å². The van der Waals surface area contributed by atoms with E-state index in [0.717, 1.165) is 53.2 Å². The normalized spacial score (nSPS) is 16.2. The third kappa shape index (κ3) is 5.32. The van der Waals surface area contributed by atoms with Gasteiger partial charge < -0.3 is 15.6 Å². The summed E-state index contributed by atoms with van der Waals surface area (Å²) in [7, 11) is 0. The summed E-state index contributed by atoms with van der Waals surface area (Å²) in [6, 6.07) is 23.3. The van der Waals surface area contributed by atoms with Crippen molar-refractivity contribution in [3.63, 3.8) is 0 Å². The van der Waals surface area contributed by atoms with E-state index in [0.29, 0.717) is 24.0 Å². The van der Waals surface area contributed by atoms with E-state index in [1.165, 1.54) is 6.42 Å². The SMILES string of the molecule is C[C@@](Cc1c[nH]c2ccccc12)(NC(=O)c1cccc2cccnc12)C(=O)NCC1(c2ccccn2)CCCCC1. The van der Waals surface area contributed by atoms with Gasteiger partial charge in [0.15, 0.2) is 0 Å². The monoisotopic (exact) mass is 545 g/mol. The minimum Gasteiger partial charge on any atom is -0.361 e. The number of para-hydroxylation sites is 2. The summed E-state index contributed by atoms with van der Waals surface area (Å²) < 4.78 is 0. The van der Waals surface area contributed by atoms with Gasteiger partial charge in [0.25, 0.3) is 5.91 Å². The van der Waals surface area contributed by atoms with Crippen LogP contribution in [0.2, 0.25) is 0 Å². The number of rotatable bonds is 8. The zero-order chi connectivity index (χ0) is 28.3. The highest BCUT2D eigenvalue weighted by atomic mass is 16.2. The van der Waals surface area contributed by atoms with Crippen LogP contribution in [0.15, 0.2) is 91.4 Å². The molecule has 41 heavy (non-hydrogen) atoms. The maximum atomic E-state index is 14.2. The topological polar surface area (TPSA) is 99.8 Å². The van der Waals surface area contributed by atoms with Gasteiger partial charge in [0, 0.05) is 59.0 Å². The average molecular weight is 546 g/mol. The number of carbonyl (C=O) groups excluding carboxylic acids is 2. The van der Waals surface area contributed by atoms with Crippen molar-refractivity contribution in [2.45, 2.75) is 56.4 Å². The van der Waals surface area contributed by atoms with Crippen LogP contribution in [0.5, 0.6) is 0 Å². The molecule has 1 fully saturated rings. The van der Waals surface area contributed by atoms with Gasteiger partial charge in [0.1, 0.15) is 5.54 Å². The second kappa shape index (κ2) is 11.2. The molecular formula is C34H35N5O2. The molecule has 208 valence electrons. The van der Waals surface area contributed by atoms with Crippen molar-refractivity contribution in [1.82, 2.24) is 25.6 Å². The molecule has 1 aliphatic carbocycles. The highest BCUT2D eigenvalue weighted by molar-refractivity contribution is 6.07. The van der Waals surface area contributed by atoms with Crippen LogP contribution in [0.4, 0.5) is 0 Å². The largest absolute Gasteiger partial charge is 0.361 e. The number of pyridine rings is 2. The summed E-state index contributed by atoms with van der Waals surface area (Å²) in [5.41, 5.74) is 2.58. The lowest BCUT2D eigenvalue weighted by Gasteiger charge is -2.38. The first kappa shape index (κ1) is 26.7. The van der Waals surface area contributed by atoms with E-state index in [9.17, 15) is 9.59 Å². The summed E-state index contributed by atoms with van der Waals surface area (Å²) in [6.45, 7) is 2.28. The summed E-state index contributed by atoms with van der Waals surface area (Å²) in [5, 5.41) is 8.30. The Balaban J connectivity index is 1.32. The number of aromatic nitrogens is 3. The molecule has 1 saturated carbocycles. The molecule has 0 aliphatic heterocycles. The molecule has 1 aliphatic rings. The molecule has 1 atom stereocenters. The predicted octanol–water partition coefficient (Wildman–Crippen LogP) is 5.86. The van der Waals surface area contributed by atoms with Crippen LogP contribution in [-0.4, -0.2) is 38.8 Å². The van der Waals surface area contributed by atoms with E-state index in [-0.39, 0.29) is 17.2 Å². The number of fused-ring (bicyclic) bond motifs is 2. The minimum absolute atomic E-state index is 0.217. The Bertz CT molecular complexity index is 1680. The van der Waals surface area contributed by atoms with Gasteiger partial charge >= 0.3 is 0 Å². The molecule has 7 heteroatoms. The number of amides is 2. The highest BCUT2D eigenvalue weighted by Crippen LogP contribution is 2.38. The quantitative estimate of drug-likeness (QED) is 0.227. The molecular weight excluding hydrogens is 510 g/mol. The fourth-order valence-corrected chi connectivity index (χ4v) is 6.32. The Morgan fingerprint density at radius 2 is 1.68 bits per heavy atom. The van der Waals surface area contributed by atoms with Crippen molar-refractivity contribution in [3.8, 4) is 0 Å². The molecule has 2 amide bonds. The summed E-state index contributed by atoms with van der Waals surface area (Å²) in [4.78, 5) is 40.5. The van der Waals surface area contributed by atoms with Crippen molar-refractivity contribution in [2.24, 2.45) is 0 Å². The Labute approximate surface area is 239 Å². The lowest BCUT2D eigenvalue weighted by Crippen LogP contribution is -2.59. The Morgan fingerprint density at radius 3 is 2.51 bits per heavy atom. The summed E-state index contributed by atoms with van der Waals surface area (Å²) in [6.07, 6.45) is 11.1. The van der Waals surface area contributed by atoms with Gasteiger partial charge in [-0.3, -0.25) is 19.6 Å². The first-order chi connectivity index (χ1) is 20.0. The maximum absolute atomic E-state index is 14.2. The number of benzene rings is 2. The fraction of sp³-hybridized carbons (Fsp3) is 0.294. The molecule has 3 aromatic heterocycles. The number of nitrogens with one attached hydrogen (secondary N) is 3.